The van der Waals surface area contributed by atoms with Crippen LogP contribution in [0.3, 0.4) is 0 Å². The minimum atomic E-state index is -3.50. The maximum atomic E-state index is 13.0. The Hall–Kier alpha value is -1.49. The minimum Gasteiger partial charge on any atom is -0.300 e. The second-order valence-corrected chi connectivity index (χ2v) is 5.47. The van der Waals surface area contributed by atoms with E-state index in [1.165, 1.54) is 13.0 Å². The molecule has 1 aromatic carbocycles. The number of carbonyl (C=O) groups excluding carboxylic acids is 1. The molecule has 5 heteroatoms. The monoisotopic (exact) mass is 240 g/mol. The molecule has 0 unspecified atom stereocenters. The van der Waals surface area contributed by atoms with Gasteiger partial charge in [0.25, 0.3) is 0 Å². The van der Waals surface area contributed by atoms with Gasteiger partial charge in [-0.15, -0.1) is 0 Å². The number of sulfone groups is 1. The number of allylic oxidation sites excluding steroid dienone is 1. The quantitative estimate of drug-likeness (QED) is 0.742. The topological polar surface area (TPSA) is 51.2 Å². The molecule has 0 atom stereocenters. The lowest BCUT2D eigenvalue weighted by atomic mass is 10.0. The van der Waals surface area contributed by atoms with Crippen molar-refractivity contribution in [2.24, 2.45) is 0 Å². The summed E-state index contributed by atoms with van der Waals surface area (Å²) in [5, 5.41) is 1.04. The molecule has 2 rings (SSSR count). The van der Waals surface area contributed by atoms with E-state index in [0.29, 0.717) is 11.1 Å². The Kier molecular flexibility index (Phi) is 2.42. The Morgan fingerprint density at radius 2 is 2.06 bits per heavy atom. The number of hydrogen-bond donors (Lipinski definition) is 0. The maximum Gasteiger partial charge on any atom is 0.200 e. The highest BCUT2D eigenvalue weighted by atomic mass is 32.2. The fourth-order valence-corrected chi connectivity index (χ4v) is 3.19. The normalized spacial score (nSPS) is 16.8. The van der Waals surface area contributed by atoms with Crippen molar-refractivity contribution in [3.05, 3.63) is 35.0 Å². The highest BCUT2D eigenvalue weighted by Gasteiger charge is 2.27. The third-order valence-electron chi connectivity index (χ3n) is 2.33. The third-order valence-corrected chi connectivity index (χ3v) is 3.89. The molecule has 1 heterocycles. The first-order valence-corrected chi connectivity index (χ1v) is 6.20. The summed E-state index contributed by atoms with van der Waals surface area (Å²) in [5.41, 5.74) is 0.664. The van der Waals surface area contributed by atoms with Crippen LogP contribution in [0.1, 0.15) is 18.9 Å². The maximum absolute atomic E-state index is 13.0. The summed E-state index contributed by atoms with van der Waals surface area (Å²) in [6.07, 6.45) is 0.00961. The van der Waals surface area contributed by atoms with Crippen molar-refractivity contribution in [2.45, 2.75) is 18.2 Å². The molecule has 0 radical (unpaired) electrons. The first-order chi connectivity index (χ1) is 7.40. The zero-order valence-electron chi connectivity index (χ0n) is 8.53. The first-order valence-electron chi connectivity index (χ1n) is 4.65. The van der Waals surface area contributed by atoms with Crippen LogP contribution in [0.15, 0.2) is 28.5 Å². The highest BCUT2D eigenvalue weighted by molar-refractivity contribution is 7.95. The van der Waals surface area contributed by atoms with Gasteiger partial charge in [0, 0.05) is 17.4 Å². The van der Waals surface area contributed by atoms with Crippen LogP contribution in [0.2, 0.25) is 0 Å². The van der Waals surface area contributed by atoms with Gasteiger partial charge in [0.2, 0.25) is 9.84 Å². The number of hydrogen-bond acceptors (Lipinski definition) is 3. The second kappa shape index (κ2) is 3.52. The van der Waals surface area contributed by atoms with Crippen molar-refractivity contribution in [2.75, 3.05) is 0 Å². The Labute approximate surface area is 92.5 Å². The zero-order valence-corrected chi connectivity index (χ0v) is 9.34. The van der Waals surface area contributed by atoms with Crippen molar-refractivity contribution in [3.8, 4) is 0 Å². The Morgan fingerprint density at radius 1 is 1.38 bits per heavy atom. The summed E-state index contributed by atoms with van der Waals surface area (Å²) in [5.74, 6) is -0.663. The van der Waals surface area contributed by atoms with E-state index in [1.54, 1.807) is 0 Å². The lowest BCUT2D eigenvalue weighted by Crippen LogP contribution is -1.94. The van der Waals surface area contributed by atoms with Gasteiger partial charge in [0.05, 0.1) is 4.90 Å². The van der Waals surface area contributed by atoms with Gasteiger partial charge < -0.3 is 0 Å². The summed E-state index contributed by atoms with van der Waals surface area (Å²) < 4.78 is 36.3. The van der Waals surface area contributed by atoms with Crippen LogP contribution in [0.4, 0.5) is 4.39 Å². The lowest BCUT2D eigenvalue weighted by Gasteiger charge is -2.02. The third kappa shape index (κ3) is 1.78. The second-order valence-electron chi connectivity index (χ2n) is 3.71. The van der Waals surface area contributed by atoms with E-state index < -0.39 is 15.7 Å². The van der Waals surface area contributed by atoms with Crippen LogP contribution >= 0.6 is 0 Å². The molecule has 0 aliphatic carbocycles. The van der Waals surface area contributed by atoms with Gasteiger partial charge in [-0.2, -0.15) is 0 Å². The van der Waals surface area contributed by atoms with Crippen LogP contribution < -0.4 is 0 Å². The molecule has 16 heavy (non-hydrogen) atoms. The standard InChI is InChI=1S/C11H9FO3S/c1-7(13)4-8-6-16(14,15)11-3-2-9(12)5-10(8)11/h2-3,5-6H,4H2,1H3. The predicted octanol–water partition coefficient (Wildman–Crippen LogP) is 1.93. The van der Waals surface area contributed by atoms with Crippen molar-refractivity contribution >= 4 is 21.2 Å². The number of ketones is 1. The number of fused-ring (bicyclic) bond motifs is 1. The molecule has 0 saturated heterocycles. The van der Waals surface area contributed by atoms with E-state index in [1.807, 2.05) is 0 Å². The molecule has 0 saturated carbocycles. The number of halogens is 1. The largest absolute Gasteiger partial charge is 0.300 e. The number of benzene rings is 1. The highest BCUT2D eigenvalue weighted by Crippen LogP contribution is 2.35. The van der Waals surface area contributed by atoms with E-state index in [4.69, 9.17) is 0 Å². The Balaban J connectivity index is 2.61. The van der Waals surface area contributed by atoms with Gasteiger partial charge in [-0.05, 0) is 30.7 Å². The molecule has 0 fully saturated rings. The van der Waals surface area contributed by atoms with E-state index in [0.717, 1.165) is 17.5 Å². The van der Waals surface area contributed by atoms with E-state index in [2.05, 4.69) is 0 Å². The molecule has 1 aromatic rings. The van der Waals surface area contributed by atoms with E-state index >= 15 is 0 Å². The SMILES string of the molecule is CC(=O)CC1=CS(=O)(=O)c2ccc(F)cc21. The predicted molar refractivity (Wildman–Crippen MR) is 56.9 cm³/mol. The molecule has 0 bridgehead atoms. The Morgan fingerprint density at radius 3 is 2.69 bits per heavy atom. The van der Waals surface area contributed by atoms with Crippen molar-refractivity contribution < 1.29 is 17.6 Å². The average Bonchev–Trinajstić information content (AvgIpc) is 2.37. The van der Waals surface area contributed by atoms with Gasteiger partial charge in [-0.3, -0.25) is 4.79 Å². The fourth-order valence-electron chi connectivity index (χ4n) is 1.72. The lowest BCUT2D eigenvalue weighted by molar-refractivity contribution is -0.116. The molecule has 0 amide bonds. The van der Waals surface area contributed by atoms with Crippen molar-refractivity contribution in [3.63, 3.8) is 0 Å². The smallest absolute Gasteiger partial charge is 0.200 e. The number of carbonyl (C=O) groups is 1. The van der Waals surface area contributed by atoms with Gasteiger partial charge in [0.1, 0.15) is 11.6 Å². The van der Waals surface area contributed by atoms with Crippen molar-refractivity contribution in [1.82, 2.24) is 0 Å². The molecule has 0 spiro atoms. The fraction of sp³-hybridized carbons (Fsp3) is 0.182. The average molecular weight is 240 g/mol. The van der Waals surface area contributed by atoms with Gasteiger partial charge in [0.15, 0.2) is 0 Å². The van der Waals surface area contributed by atoms with E-state index in [9.17, 15) is 17.6 Å². The number of rotatable bonds is 2. The van der Waals surface area contributed by atoms with Crippen LogP contribution in [0.5, 0.6) is 0 Å². The molecule has 3 nitrogen and oxygen atoms in total. The molecular formula is C11H9FO3S. The van der Waals surface area contributed by atoms with Crippen LogP contribution in [-0.2, 0) is 14.6 Å². The molecule has 1 aliphatic heterocycles. The number of Topliss-reactive ketones (excluding diaryl/α,β-unsaturated/α-hetero) is 1. The summed E-state index contributed by atoms with van der Waals surface area (Å²) in [4.78, 5) is 11.1. The molecular weight excluding hydrogens is 231 g/mol. The summed E-state index contributed by atoms with van der Waals surface area (Å²) in [7, 11) is -3.50. The Bertz CT molecular complexity index is 600. The zero-order chi connectivity index (χ0) is 11.9. The molecule has 84 valence electrons. The van der Waals surface area contributed by atoms with Crippen LogP contribution in [0.25, 0.3) is 5.57 Å². The minimum absolute atomic E-state index is 0.00961. The summed E-state index contributed by atoms with van der Waals surface area (Å²) in [6, 6.07) is 3.47. The van der Waals surface area contributed by atoms with Gasteiger partial charge in [-0.25, -0.2) is 12.8 Å². The summed E-state index contributed by atoms with van der Waals surface area (Å²) in [6.45, 7) is 1.37. The van der Waals surface area contributed by atoms with Gasteiger partial charge in [-0.1, -0.05) is 0 Å². The summed E-state index contributed by atoms with van der Waals surface area (Å²) >= 11 is 0. The van der Waals surface area contributed by atoms with Crippen LogP contribution in [0, 0.1) is 5.82 Å². The van der Waals surface area contributed by atoms with E-state index in [-0.39, 0.29) is 17.1 Å². The van der Waals surface area contributed by atoms with Crippen LogP contribution in [-0.4, -0.2) is 14.2 Å². The molecule has 0 aromatic heterocycles. The van der Waals surface area contributed by atoms with Gasteiger partial charge >= 0.3 is 0 Å². The molecule has 0 N–H and O–H groups in total. The van der Waals surface area contributed by atoms with Crippen molar-refractivity contribution in [1.29, 1.82) is 0 Å². The first kappa shape index (κ1) is 11.0. The molecule has 1 aliphatic rings.